The van der Waals surface area contributed by atoms with Crippen molar-refractivity contribution < 1.29 is 14.6 Å². The first-order valence-corrected chi connectivity index (χ1v) is 7.86. The fourth-order valence-corrected chi connectivity index (χ4v) is 3.50. The molecule has 0 radical (unpaired) electrons. The van der Waals surface area contributed by atoms with Crippen molar-refractivity contribution in [2.75, 3.05) is 26.8 Å². The first-order chi connectivity index (χ1) is 10.2. The van der Waals surface area contributed by atoms with Crippen LogP contribution in [0.3, 0.4) is 0 Å². The van der Waals surface area contributed by atoms with Crippen LogP contribution >= 0.6 is 0 Å². The Morgan fingerprint density at radius 2 is 2.19 bits per heavy atom. The predicted octanol–water partition coefficient (Wildman–Crippen LogP) is 2.20. The molecule has 4 heteroatoms. The lowest BCUT2D eigenvalue weighted by Crippen LogP contribution is -2.50. The summed E-state index contributed by atoms with van der Waals surface area (Å²) in [5, 5.41) is 9.88. The van der Waals surface area contributed by atoms with Gasteiger partial charge in [0.2, 0.25) is 0 Å². The second-order valence-electron chi connectivity index (χ2n) is 6.31. The van der Waals surface area contributed by atoms with E-state index in [-0.39, 0.29) is 11.7 Å². The first kappa shape index (κ1) is 14.8. The molecule has 2 aliphatic rings. The Hall–Kier alpha value is -1.10. The lowest BCUT2D eigenvalue weighted by molar-refractivity contribution is -0.143. The van der Waals surface area contributed by atoms with Crippen molar-refractivity contribution in [3.8, 4) is 5.75 Å². The molecule has 1 aromatic rings. The van der Waals surface area contributed by atoms with Crippen molar-refractivity contribution in [3.05, 3.63) is 29.8 Å². The summed E-state index contributed by atoms with van der Waals surface area (Å²) in [6, 6.07) is 8.27. The lowest BCUT2D eigenvalue weighted by atomic mass is 9.83. The molecule has 1 aromatic carbocycles. The second-order valence-corrected chi connectivity index (χ2v) is 6.31. The molecule has 1 N–H and O–H groups in total. The minimum Gasteiger partial charge on any atom is -0.497 e. The molecule has 0 aromatic heterocycles. The molecule has 0 aliphatic carbocycles. The summed E-state index contributed by atoms with van der Waals surface area (Å²) >= 11 is 0. The van der Waals surface area contributed by atoms with Crippen LogP contribution in [0.1, 0.15) is 31.2 Å². The highest BCUT2D eigenvalue weighted by atomic mass is 16.5. The van der Waals surface area contributed by atoms with Gasteiger partial charge >= 0.3 is 0 Å². The van der Waals surface area contributed by atoms with Crippen LogP contribution < -0.4 is 4.74 Å². The van der Waals surface area contributed by atoms with Crippen molar-refractivity contribution in [2.24, 2.45) is 0 Å². The molecule has 0 saturated carbocycles. The van der Waals surface area contributed by atoms with Crippen molar-refractivity contribution >= 4 is 0 Å². The van der Waals surface area contributed by atoms with Gasteiger partial charge in [0.05, 0.1) is 18.8 Å². The molecule has 1 unspecified atom stereocenters. The normalized spacial score (nSPS) is 25.9. The van der Waals surface area contributed by atoms with E-state index in [9.17, 15) is 5.11 Å². The van der Waals surface area contributed by atoms with Crippen LogP contribution in [0.15, 0.2) is 24.3 Å². The summed E-state index contributed by atoms with van der Waals surface area (Å²) in [7, 11) is 1.70. The number of hydrogen-bond acceptors (Lipinski definition) is 4. The van der Waals surface area contributed by atoms with Gasteiger partial charge < -0.3 is 14.6 Å². The Morgan fingerprint density at radius 3 is 2.90 bits per heavy atom. The number of hydrogen-bond donors (Lipinski definition) is 1. The van der Waals surface area contributed by atoms with Crippen LogP contribution in [-0.4, -0.2) is 48.5 Å². The van der Waals surface area contributed by atoms with Gasteiger partial charge in [-0.2, -0.15) is 0 Å². The Bertz CT molecular complexity index is 469. The van der Waals surface area contributed by atoms with E-state index in [4.69, 9.17) is 9.47 Å². The molecule has 21 heavy (non-hydrogen) atoms. The molecule has 116 valence electrons. The summed E-state index contributed by atoms with van der Waals surface area (Å²) < 4.78 is 11.3. The zero-order valence-corrected chi connectivity index (χ0v) is 12.8. The first-order valence-electron chi connectivity index (χ1n) is 7.86. The van der Waals surface area contributed by atoms with E-state index >= 15 is 0 Å². The molecule has 2 saturated heterocycles. The predicted molar refractivity (Wildman–Crippen MR) is 81.4 cm³/mol. The minimum absolute atomic E-state index is 0.0669. The van der Waals surface area contributed by atoms with Crippen LogP contribution in [-0.2, 0) is 11.3 Å². The van der Waals surface area contributed by atoms with Gasteiger partial charge in [0.25, 0.3) is 0 Å². The molecular weight excluding hydrogens is 266 g/mol. The van der Waals surface area contributed by atoms with Crippen LogP contribution in [0, 0.1) is 0 Å². The maximum Gasteiger partial charge on any atom is 0.119 e. The SMILES string of the molecule is COc1cccc(CN2CCC3(CC2)CC(O)CCO3)c1. The van der Waals surface area contributed by atoms with E-state index < -0.39 is 0 Å². The third kappa shape index (κ3) is 3.57. The molecule has 0 bridgehead atoms. The van der Waals surface area contributed by atoms with Gasteiger partial charge in [0.15, 0.2) is 0 Å². The zero-order valence-electron chi connectivity index (χ0n) is 12.8. The van der Waals surface area contributed by atoms with Crippen molar-refractivity contribution in [1.82, 2.24) is 4.90 Å². The van der Waals surface area contributed by atoms with E-state index in [1.165, 1.54) is 5.56 Å². The summed E-state index contributed by atoms with van der Waals surface area (Å²) in [4.78, 5) is 2.46. The standard InChI is InChI=1S/C17H25NO3/c1-20-16-4-2-3-14(11-16)13-18-8-6-17(7-9-18)12-15(19)5-10-21-17/h2-4,11,15,19H,5-10,12-13H2,1H3. The summed E-state index contributed by atoms with van der Waals surface area (Å²) in [5.74, 6) is 0.916. The average molecular weight is 291 g/mol. The van der Waals surface area contributed by atoms with Crippen molar-refractivity contribution in [2.45, 2.75) is 43.9 Å². The molecule has 1 atom stereocenters. The number of methoxy groups -OCH3 is 1. The molecule has 2 fully saturated rings. The Morgan fingerprint density at radius 1 is 1.38 bits per heavy atom. The lowest BCUT2D eigenvalue weighted by Gasteiger charge is -2.45. The number of aliphatic hydroxyl groups excluding tert-OH is 1. The largest absolute Gasteiger partial charge is 0.497 e. The Balaban J connectivity index is 1.56. The third-order valence-corrected chi connectivity index (χ3v) is 4.77. The van der Waals surface area contributed by atoms with E-state index in [0.717, 1.165) is 51.1 Å². The van der Waals surface area contributed by atoms with Crippen molar-refractivity contribution in [1.29, 1.82) is 0 Å². The Kier molecular flexibility index (Phi) is 4.48. The van der Waals surface area contributed by atoms with Gasteiger partial charge in [-0.15, -0.1) is 0 Å². The fraction of sp³-hybridized carbons (Fsp3) is 0.647. The van der Waals surface area contributed by atoms with Gasteiger partial charge in [-0.25, -0.2) is 0 Å². The molecule has 4 nitrogen and oxygen atoms in total. The van der Waals surface area contributed by atoms with Crippen LogP contribution in [0.5, 0.6) is 5.75 Å². The van der Waals surface area contributed by atoms with Crippen molar-refractivity contribution in [3.63, 3.8) is 0 Å². The average Bonchev–Trinajstić information content (AvgIpc) is 2.50. The number of ether oxygens (including phenoxy) is 2. The van der Waals surface area contributed by atoms with E-state index in [2.05, 4.69) is 17.0 Å². The second kappa shape index (κ2) is 6.34. The maximum atomic E-state index is 9.88. The molecule has 2 heterocycles. The Labute approximate surface area is 126 Å². The van der Waals surface area contributed by atoms with Crippen LogP contribution in [0.2, 0.25) is 0 Å². The van der Waals surface area contributed by atoms with E-state index in [0.29, 0.717) is 6.61 Å². The zero-order chi connectivity index (χ0) is 14.7. The number of nitrogens with zero attached hydrogens (tertiary/aromatic N) is 1. The van der Waals surface area contributed by atoms with Gasteiger partial charge in [-0.05, 0) is 37.0 Å². The number of aliphatic hydroxyl groups is 1. The molecule has 2 aliphatic heterocycles. The smallest absolute Gasteiger partial charge is 0.119 e. The van der Waals surface area contributed by atoms with E-state index in [1.807, 2.05) is 12.1 Å². The summed E-state index contributed by atoms with van der Waals surface area (Å²) in [6.07, 6.45) is 3.46. The number of benzene rings is 1. The van der Waals surface area contributed by atoms with Gasteiger partial charge in [0, 0.05) is 32.7 Å². The van der Waals surface area contributed by atoms with Gasteiger partial charge in [-0.3, -0.25) is 4.90 Å². The summed E-state index contributed by atoms with van der Waals surface area (Å²) in [6.45, 7) is 3.72. The third-order valence-electron chi connectivity index (χ3n) is 4.77. The monoisotopic (exact) mass is 291 g/mol. The molecular formula is C17H25NO3. The van der Waals surface area contributed by atoms with Crippen LogP contribution in [0.25, 0.3) is 0 Å². The van der Waals surface area contributed by atoms with Gasteiger partial charge in [0.1, 0.15) is 5.75 Å². The summed E-state index contributed by atoms with van der Waals surface area (Å²) in [5.41, 5.74) is 1.22. The highest BCUT2D eigenvalue weighted by Crippen LogP contribution is 2.35. The quantitative estimate of drug-likeness (QED) is 0.927. The number of rotatable bonds is 3. The maximum absolute atomic E-state index is 9.88. The minimum atomic E-state index is -0.177. The fourth-order valence-electron chi connectivity index (χ4n) is 3.50. The number of piperidine rings is 1. The van der Waals surface area contributed by atoms with Crippen LogP contribution in [0.4, 0.5) is 0 Å². The van der Waals surface area contributed by atoms with E-state index in [1.54, 1.807) is 7.11 Å². The highest BCUT2D eigenvalue weighted by molar-refractivity contribution is 5.28. The highest BCUT2D eigenvalue weighted by Gasteiger charge is 2.39. The molecule has 0 amide bonds. The number of likely N-dealkylation sites (tertiary alicyclic amines) is 1. The molecule has 3 rings (SSSR count). The molecule has 1 spiro atoms. The van der Waals surface area contributed by atoms with Gasteiger partial charge in [-0.1, -0.05) is 12.1 Å². The topological polar surface area (TPSA) is 41.9 Å².